The summed E-state index contributed by atoms with van der Waals surface area (Å²) in [6.07, 6.45) is 0. The molecule has 0 unspecified atom stereocenters. The number of amides is 1. The van der Waals surface area contributed by atoms with Crippen molar-refractivity contribution in [2.75, 3.05) is 0 Å². The molecule has 1 amide bonds. The lowest BCUT2D eigenvalue weighted by Crippen LogP contribution is -2.34. The number of carbonyl (C=O) groups excluding carboxylic acids is 1. The molecule has 100 valence electrons. The molecule has 0 bridgehead atoms. The Hall–Kier alpha value is -2.41. The Morgan fingerprint density at radius 1 is 1.47 bits per heavy atom. The van der Waals surface area contributed by atoms with E-state index in [0.717, 1.165) is 5.56 Å². The van der Waals surface area contributed by atoms with Crippen LogP contribution in [0.4, 0.5) is 0 Å². The third-order valence-corrected chi connectivity index (χ3v) is 2.74. The van der Waals surface area contributed by atoms with Gasteiger partial charge in [-0.15, -0.1) is 0 Å². The van der Waals surface area contributed by atoms with Crippen LogP contribution in [0.1, 0.15) is 34.7 Å². The number of H-pyrrole nitrogens is 1. The highest BCUT2D eigenvalue weighted by Crippen LogP contribution is 2.12. The maximum absolute atomic E-state index is 12.0. The Labute approximate surface area is 108 Å². The molecular weight excluding hydrogens is 250 g/mol. The van der Waals surface area contributed by atoms with E-state index in [4.69, 9.17) is 5.11 Å². The molecule has 0 spiro atoms. The topological polar surface area (TPSA) is 101 Å². The van der Waals surface area contributed by atoms with Crippen LogP contribution < -0.4 is 9.92 Å². The average Bonchev–Trinajstić information content (AvgIpc) is 2.80. The predicted molar refractivity (Wildman–Crippen MR) is 64.7 cm³/mol. The van der Waals surface area contributed by atoms with Gasteiger partial charge in [-0.3, -0.25) is 4.79 Å². The summed E-state index contributed by atoms with van der Waals surface area (Å²) in [5.74, 6) is -0.611. The largest absolute Gasteiger partial charge is 0.388 e. The van der Waals surface area contributed by atoms with Crippen molar-refractivity contribution in [2.45, 2.75) is 19.6 Å². The second kappa shape index (κ2) is 5.49. The van der Waals surface area contributed by atoms with Crippen molar-refractivity contribution in [2.24, 2.45) is 0 Å². The number of aromatic amines is 1. The summed E-state index contributed by atoms with van der Waals surface area (Å²) < 4.78 is 4.45. The second-order valence-electron chi connectivity index (χ2n) is 4.04. The Balaban J connectivity index is 2.18. The van der Waals surface area contributed by atoms with Gasteiger partial charge >= 0.3 is 11.6 Å². The fraction of sp³-hybridized carbons (Fsp3) is 0.250. The molecule has 2 aromatic rings. The first-order chi connectivity index (χ1) is 9.13. The predicted octanol–water partition coefficient (Wildman–Crippen LogP) is 0.505. The molecule has 2 rings (SSSR count). The van der Waals surface area contributed by atoms with E-state index < -0.39 is 12.5 Å². The van der Waals surface area contributed by atoms with Crippen LogP contribution in [0.2, 0.25) is 0 Å². The van der Waals surface area contributed by atoms with Crippen molar-refractivity contribution in [1.82, 2.24) is 10.5 Å². The maximum atomic E-state index is 12.0. The van der Waals surface area contributed by atoms with Gasteiger partial charge in [-0.25, -0.2) is 0 Å². The molecule has 0 aliphatic rings. The van der Waals surface area contributed by atoms with E-state index in [0.29, 0.717) is 0 Å². The van der Waals surface area contributed by atoms with Gasteiger partial charge in [0, 0.05) is 0 Å². The van der Waals surface area contributed by atoms with E-state index in [9.17, 15) is 9.70 Å². The van der Waals surface area contributed by atoms with E-state index in [1.807, 2.05) is 30.3 Å². The van der Waals surface area contributed by atoms with E-state index in [1.54, 1.807) is 6.92 Å². The summed E-state index contributed by atoms with van der Waals surface area (Å²) in [6, 6.07) is 9.05. The highest BCUT2D eigenvalue weighted by molar-refractivity contribution is 5.92. The number of nitrogens with zero attached hydrogens (tertiary/aromatic N) is 1. The van der Waals surface area contributed by atoms with Crippen LogP contribution in [0, 0.1) is 4.91 Å². The Morgan fingerprint density at radius 2 is 2.16 bits per heavy atom. The Bertz CT molecular complexity index is 617. The zero-order valence-electron chi connectivity index (χ0n) is 10.3. The first-order valence-corrected chi connectivity index (χ1v) is 5.73. The maximum Gasteiger partial charge on any atom is 0.334 e. The summed E-state index contributed by atoms with van der Waals surface area (Å²) >= 11 is 0. The zero-order valence-corrected chi connectivity index (χ0v) is 10.3. The Morgan fingerprint density at radius 3 is 2.79 bits per heavy atom. The standard InChI is InChI=1S/C12H13N3O4/c1-8(9-5-3-2-4-6-9)13-12(17)11-10(7-16)14-19-15(11)18/h2-6,8,16H,7H2,1H3,(H-,13,14,17,18)/p+1/t8-/m0/s1. The van der Waals surface area contributed by atoms with Gasteiger partial charge in [0.25, 0.3) is 0 Å². The lowest BCUT2D eigenvalue weighted by atomic mass is 10.1. The van der Waals surface area contributed by atoms with Crippen molar-refractivity contribution < 1.29 is 19.1 Å². The first kappa shape index (κ1) is 13.0. The normalized spacial score (nSPS) is 12.1. The minimum Gasteiger partial charge on any atom is -0.388 e. The molecule has 7 nitrogen and oxygen atoms in total. The van der Waals surface area contributed by atoms with Crippen LogP contribution in [0.5, 0.6) is 0 Å². The summed E-state index contributed by atoms with van der Waals surface area (Å²) in [5, 5.41) is 13.9. The molecule has 1 atom stereocenters. The molecular formula is C12H14N3O4+. The first-order valence-electron chi connectivity index (χ1n) is 5.73. The monoisotopic (exact) mass is 264 g/mol. The fourth-order valence-corrected chi connectivity index (χ4v) is 1.72. The quantitative estimate of drug-likeness (QED) is 0.748. The Kier molecular flexibility index (Phi) is 3.76. The number of benzene rings is 1. The number of aromatic nitrogens is 2. The van der Waals surface area contributed by atoms with Gasteiger partial charge in [0.2, 0.25) is 5.69 Å². The molecule has 0 saturated carbocycles. The van der Waals surface area contributed by atoms with Crippen LogP contribution >= 0.6 is 0 Å². The minimum absolute atomic E-state index is 0.0350. The average molecular weight is 264 g/mol. The van der Waals surface area contributed by atoms with E-state index in [1.165, 1.54) is 0 Å². The lowest BCUT2D eigenvalue weighted by molar-refractivity contribution is -0.714. The number of hydrogen-bond acceptors (Lipinski definition) is 4. The third kappa shape index (κ3) is 2.71. The van der Waals surface area contributed by atoms with Crippen molar-refractivity contribution in [3.63, 3.8) is 0 Å². The number of rotatable bonds is 4. The number of carbonyl (C=O) groups is 1. The van der Waals surface area contributed by atoms with Crippen molar-refractivity contribution in [3.8, 4) is 0 Å². The smallest absolute Gasteiger partial charge is 0.334 e. The van der Waals surface area contributed by atoms with Gasteiger partial charge in [-0.1, -0.05) is 40.1 Å². The zero-order chi connectivity index (χ0) is 13.8. The van der Waals surface area contributed by atoms with Gasteiger partial charge in [0.1, 0.15) is 6.61 Å². The van der Waals surface area contributed by atoms with E-state index in [2.05, 4.69) is 15.1 Å². The van der Waals surface area contributed by atoms with Crippen LogP contribution in [-0.2, 0) is 6.61 Å². The highest BCUT2D eigenvalue weighted by atomic mass is 16.7. The molecule has 1 aromatic carbocycles. The fourth-order valence-electron chi connectivity index (χ4n) is 1.72. The second-order valence-corrected chi connectivity index (χ2v) is 4.04. The highest BCUT2D eigenvalue weighted by Gasteiger charge is 2.28. The minimum atomic E-state index is -0.611. The number of hydrogen-bond donors (Lipinski definition) is 3. The molecule has 1 aromatic heterocycles. The van der Waals surface area contributed by atoms with E-state index >= 15 is 0 Å². The molecule has 7 heteroatoms. The molecule has 0 fully saturated rings. The molecule has 0 radical (unpaired) electrons. The van der Waals surface area contributed by atoms with Gasteiger partial charge in [-0.05, 0) is 17.4 Å². The summed E-state index contributed by atoms with van der Waals surface area (Å²) in [7, 11) is 0. The van der Waals surface area contributed by atoms with Crippen LogP contribution in [-0.4, -0.2) is 16.2 Å². The summed E-state index contributed by atoms with van der Waals surface area (Å²) in [4.78, 5) is 23.3. The molecule has 3 N–H and O–H groups in total. The SMILES string of the molecule is C[C@H](NC(=O)c1c(CO)[nH]o[n+]1=O)c1ccccc1. The van der Waals surface area contributed by atoms with Crippen LogP contribution in [0.3, 0.4) is 0 Å². The van der Waals surface area contributed by atoms with Gasteiger partial charge < -0.3 is 10.4 Å². The molecule has 19 heavy (non-hydrogen) atoms. The third-order valence-electron chi connectivity index (χ3n) is 2.74. The number of aliphatic hydroxyl groups excluding tert-OH is 1. The summed E-state index contributed by atoms with van der Waals surface area (Å²) in [6.45, 7) is 1.31. The van der Waals surface area contributed by atoms with Gasteiger partial charge in [0.05, 0.1) is 6.04 Å². The van der Waals surface area contributed by atoms with Gasteiger partial charge in [0.15, 0.2) is 4.60 Å². The van der Waals surface area contributed by atoms with Crippen molar-refractivity contribution >= 4 is 5.91 Å². The van der Waals surface area contributed by atoms with Crippen LogP contribution in [0.25, 0.3) is 0 Å². The van der Waals surface area contributed by atoms with Crippen molar-refractivity contribution in [3.05, 3.63) is 52.2 Å². The van der Waals surface area contributed by atoms with Crippen LogP contribution in [0.15, 0.2) is 35.0 Å². The number of aliphatic hydroxyl groups is 1. The molecule has 0 aliphatic carbocycles. The molecule has 0 saturated heterocycles. The van der Waals surface area contributed by atoms with Gasteiger partial charge in [-0.2, -0.15) is 0 Å². The number of nitrogens with one attached hydrogen (secondary N) is 2. The lowest BCUT2D eigenvalue weighted by Gasteiger charge is -2.12. The summed E-state index contributed by atoms with van der Waals surface area (Å²) in [5.41, 5.74) is 0.671. The van der Waals surface area contributed by atoms with Crippen molar-refractivity contribution in [1.29, 1.82) is 0 Å². The molecule has 0 aliphatic heterocycles. The van der Waals surface area contributed by atoms with E-state index in [-0.39, 0.29) is 22.0 Å². The molecule has 1 heterocycles.